The van der Waals surface area contributed by atoms with Crippen LogP contribution >= 0.6 is 0 Å². The van der Waals surface area contributed by atoms with E-state index in [1.54, 1.807) is 0 Å². The van der Waals surface area contributed by atoms with Gasteiger partial charge in [0.1, 0.15) is 0 Å². The Kier molecular flexibility index (Phi) is 9.94. The van der Waals surface area contributed by atoms with Gasteiger partial charge in [0.2, 0.25) is 5.91 Å². The molecule has 0 aromatic carbocycles. The molecule has 0 N–H and O–H groups in total. The zero-order chi connectivity index (χ0) is 14.8. The Hall–Kier alpha value is -0.570. The standard InChI is InChI=1S/C14H28N2O.C2H6/c1-12(2)5-6-14(17)16-9-7-13(8-10-16)11-15(3)4;1-2/h12-13H,5-11H2,1-4H3;1-2H3. The fraction of sp³-hybridized carbons (Fsp3) is 0.938. The molecule has 0 aromatic rings. The lowest BCUT2D eigenvalue weighted by atomic mass is 9.96. The van der Waals surface area contributed by atoms with E-state index in [0.717, 1.165) is 38.4 Å². The summed E-state index contributed by atoms with van der Waals surface area (Å²) in [6.07, 6.45) is 4.10. The van der Waals surface area contributed by atoms with Crippen molar-refractivity contribution < 1.29 is 4.79 Å². The van der Waals surface area contributed by atoms with Crippen LogP contribution in [0.2, 0.25) is 0 Å². The van der Waals surface area contributed by atoms with E-state index in [-0.39, 0.29) is 0 Å². The van der Waals surface area contributed by atoms with E-state index >= 15 is 0 Å². The maximum Gasteiger partial charge on any atom is 0.222 e. The molecule has 19 heavy (non-hydrogen) atoms. The van der Waals surface area contributed by atoms with E-state index in [9.17, 15) is 4.79 Å². The number of piperidine rings is 1. The highest BCUT2D eigenvalue weighted by atomic mass is 16.2. The number of amides is 1. The van der Waals surface area contributed by atoms with Crippen LogP contribution in [0, 0.1) is 11.8 Å². The zero-order valence-electron chi connectivity index (χ0n) is 13.9. The molecular weight excluding hydrogens is 236 g/mol. The molecule has 0 unspecified atom stereocenters. The first-order valence-corrected chi connectivity index (χ1v) is 7.91. The first kappa shape index (κ1) is 18.4. The van der Waals surface area contributed by atoms with Gasteiger partial charge in [0.15, 0.2) is 0 Å². The molecular formula is C16H34N2O. The summed E-state index contributed by atoms with van der Waals surface area (Å²) in [4.78, 5) is 16.3. The first-order chi connectivity index (χ1) is 8.99. The van der Waals surface area contributed by atoms with E-state index in [2.05, 4.69) is 37.7 Å². The monoisotopic (exact) mass is 270 g/mol. The average molecular weight is 270 g/mol. The molecule has 0 spiro atoms. The van der Waals surface area contributed by atoms with Crippen molar-refractivity contribution in [2.75, 3.05) is 33.7 Å². The molecule has 1 aliphatic rings. The summed E-state index contributed by atoms with van der Waals surface area (Å²) in [7, 11) is 4.25. The summed E-state index contributed by atoms with van der Waals surface area (Å²) in [6.45, 7) is 11.5. The number of carbonyl (C=O) groups excluding carboxylic acids is 1. The van der Waals surface area contributed by atoms with E-state index in [4.69, 9.17) is 0 Å². The summed E-state index contributed by atoms with van der Waals surface area (Å²) in [6, 6.07) is 0. The van der Waals surface area contributed by atoms with Crippen LogP contribution in [0.25, 0.3) is 0 Å². The second-order valence-electron chi connectivity index (χ2n) is 6.02. The number of nitrogens with zero attached hydrogens (tertiary/aromatic N) is 2. The molecule has 114 valence electrons. The molecule has 3 nitrogen and oxygen atoms in total. The lowest BCUT2D eigenvalue weighted by molar-refractivity contribution is -0.132. The number of hydrogen-bond donors (Lipinski definition) is 0. The minimum Gasteiger partial charge on any atom is -0.343 e. The minimum atomic E-state index is 0.363. The van der Waals surface area contributed by atoms with Crippen LogP contribution in [-0.2, 0) is 4.79 Å². The molecule has 1 fully saturated rings. The molecule has 0 atom stereocenters. The van der Waals surface area contributed by atoms with Crippen LogP contribution in [0.4, 0.5) is 0 Å². The van der Waals surface area contributed by atoms with Crippen molar-refractivity contribution in [3.05, 3.63) is 0 Å². The molecule has 1 amide bonds. The Bertz CT molecular complexity index is 231. The van der Waals surface area contributed by atoms with Crippen LogP contribution in [0.5, 0.6) is 0 Å². The highest BCUT2D eigenvalue weighted by Gasteiger charge is 2.22. The molecule has 0 bridgehead atoms. The summed E-state index contributed by atoms with van der Waals surface area (Å²) in [5.41, 5.74) is 0. The lowest BCUT2D eigenvalue weighted by Gasteiger charge is -2.33. The molecule has 1 aliphatic heterocycles. The normalized spacial score (nSPS) is 16.5. The Labute approximate surface area is 120 Å². The van der Waals surface area contributed by atoms with Crippen molar-refractivity contribution in [3.8, 4) is 0 Å². The highest BCUT2D eigenvalue weighted by molar-refractivity contribution is 5.76. The number of likely N-dealkylation sites (tertiary alicyclic amines) is 1. The van der Waals surface area contributed by atoms with Crippen LogP contribution in [0.3, 0.4) is 0 Å². The van der Waals surface area contributed by atoms with Gasteiger partial charge in [0.05, 0.1) is 0 Å². The molecule has 0 aliphatic carbocycles. The fourth-order valence-corrected chi connectivity index (χ4v) is 2.45. The maximum atomic E-state index is 11.9. The third-order valence-electron chi connectivity index (χ3n) is 3.53. The van der Waals surface area contributed by atoms with E-state index in [1.165, 1.54) is 12.8 Å². The Morgan fingerprint density at radius 1 is 1.21 bits per heavy atom. The third kappa shape index (κ3) is 8.25. The summed E-state index contributed by atoms with van der Waals surface area (Å²) < 4.78 is 0. The quantitative estimate of drug-likeness (QED) is 0.765. The maximum absolute atomic E-state index is 11.9. The van der Waals surface area contributed by atoms with E-state index < -0.39 is 0 Å². The highest BCUT2D eigenvalue weighted by Crippen LogP contribution is 2.19. The van der Waals surface area contributed by atoms with Gasteiger partial charge in [-0.3, -0.25) is 4.79 Å². The van der Waals surface area contributed by atoms with E-state index in [1.807, 2.05) is 13.8 Å². The number of hydrogen-bond acceptors (Lipinski definition) is 2. The molecule has 1 saturated heterocycles. The zero-order valence-corrected chi connectivity index (χ0v) is 13.9. The van der Waals surface area contributed by atoms with Gasteiger partial charge in [-0.1, -0.05) is 27.7 Å². The van der Waals surface area contributed by atoms with Gasteiger partial charge >= 0.3 is 0 Å². The predicted molar refractivity (Wildman–Crippen MR) is 83.3 cm³/mol. The fourth-order valence-electron chi connectivity index (χ4n) is 2.45. The smallest absolute Gasteiger partial charge is 0.222 e. The van der Waals surface area contributed by atoms with Gasteiger partial charge in [-0.2, -0.15) is 0 Å². The van der Waals surface area contributed by atoms with Crippen molar-refractivity contribution in [3.63, 3.8) is 0 Å². The third-order valence-corrected chi connectivity index (χ3v) is 3.53. The van der Waals surface area contributed by atoms with Gasteiger partial charge in [0, 0.05) is 26.1 Å². The minimum absolute atomic E-state index is 0.363. The van der Waals surface area contributed by atoms with Gasteiger partial charge in [-0.15, -0.1) is 0 Å². The summed E-state index contributed by atoms with van der Waals surface area (Å²) >= 11 is 0. The largest absolute Gasteiger partial charge is 0.343 e. The Morgan fingerprint density at radius 3 is 2.16 bits per heavy atom. The second kappa shape index (κ2) is 10.2. The van der Waals surface area contributed by atoms with Gasteiger partial charge in [0.25, 0.3) is 0 Å². The van der Waals surface area contributed by atoms with Crippen LogP contribution in [-0.4, -0.2) is 49.4 Å². The lowest BCUT2D eigenvalue weighted by Crippen LogP contribution is -2.40. The average Bonchev–Trinajstić information content (AvgIpc) is 2.38. The number of rotatable bonds is 5. The SMILES string of the molecule is CC.CC(C)CCC(=O)N1CCC(CN(C)C)CC1. The predicted octanol–water partition coefficient (Wildman–Crippen LogP) is 3.25. The van der Waals surface area contributed by atoms with Gasteiger partial charge in [-0.25, -0.2) is 0 Å². The summed E-state index contributed by atoms with van der Waals surface area (Å²) in [5, 5.41) is 0. The Morgan fingerprint density at radius 2 is 1.74 bits per heavy atom. The molecule has 1 heterocycles. The first-order valence-electron chi connectivity index (χ1n) is 7.91. The van der Waals surface area contributed by atoms with Crippen molar-refractivity contribution in [2.24, 2.45) is 11.8 Å². The summed E-state index contributed by atoms with van der Waals surface area (Å²) in [5.74, 6) is 1.77. The number of carbonyl (C=O) groups is 1. The van der Waals surface area contributed by atoms with Crippen LogP contribution in [0.1, 0.15) is 53.4 Å². The van der Waals surface area contributed by atoms with Crippen molar-refractivity contribution in [1.29, 1.82) is 0 Å². The van der Waals surface area contributed by atoms with Crippen molar-refractivity contribution in [2.45, 2.75) is 53.4 Å². The van der Waals surface area contributed by atoms with Crippen molar-refractivity contribution >= 4 is 5.91 Å². The van der Waals surface area contributed by atoms with Crippen LogP contribution in [0.15, 0.2) is 0 Å². The molecule has 3 heteroatoms. The second-order valence-corrected chi connectivity index (χ2v) is 6.02. The molecule has 0 radical (unpaired) electrons. The topological polar surface area (TPSA) is 23.6 Å². The van der Waals surface area contributed by atoms with E-state index in [0.29, 0.717) is 11.8 Å². The van der Waals surface area contributed by atoms with Gasteiger partial charge < -0.3 is 9.80 Å². The van der Waals surface area contributed by atoms with Crippen LogP contribution < -0.4 is 0 Å². The molecule has 0 aromatic heterocycles. The molecule has 1 rings (SSSR count). The van der Waals surface area contributed by atoms with Crippen molar-refractivity contribution in [1.82, 2.24) is 9.80 Å². The molecule has 0 saturated carbocycles. The van der Waals surface area contributed by atoms with Gasteiger partial charge in [-0.05, 0) is 45.2 Å². The Balaban J connectivity index is 0.00000154.